The lowest BCUT2D eigenvalue weighted by Gasteiger charge is -2.38. The quantitative estimate of drug-likeness (QED) is 0.939. The Morgan fingerprint density at radius 3 is 2.57 bits per heavy atom. The van der Waals surface area contributed by atoms with E-state index in [9.17, 15) is 9.59 Å². The van der Waals surface area contributed by atoms with Crippen LogP contribution in [0, 0.1) is 20.8 Å². The molecule has 2 heterocycles. The highest BCUT2D eigenvalue weighted by Gasteiger charge is 2.38. The number of rotatable bonds is 3. The van der Waals surface area contributed by atoms with E-state index in [4.69, 9.17) is 5.73 Å². The number of benzene rings is 1. The van der Waals surface area contributed by atoms with Crippen molar-refractivity contribution in [3.8, 4) is 10.4 Å². The monoisotopic (exact) mass is 329 g/mol. The molecule has 0 bridgehead atoms. The van der Waals surface area contributed by atoms with Gasteiger partial charge in [0.1, 0.15) is 11.7 Å². The van der Waals surface area contributed by atoms with Crippen LogP contribution in [0.1, 0.15) is 33.0 Å². The van der Waals surface area contributed by atoms with Gasteiger partial charge >= 0.3 is 0 Å². The molecule has 120 valence electrons. The average molecular weight is 329 g/mol. The SMILES string of the molecule is Cc1nc(C(=O)N2CCC2C(N)=O)c(-c2ccc(C)c(C)c2)s1. The molecule has 1 aromatic heterocycles. The van der Waals surface area contributed by atoms with Gasteiger partial charge in [0.15, 0.2) is 0 Å². The predicted octanol–water partition coefficient (Wildman–Crippen LogP) is 2.44. The highest BCUT2D eigenvalue weighted by Crippen LogP contribution is 2.33. The van der Waals surface area contributed by atoms with Crippen molar-refractivity contribution in [2.75, 3.05) is 6.54 Å². The zero-order valence-corrected chi connectivity index (χ0v) is 14.2. The van der Waals surface area contributed by atoms with Gasteiger partial charge in [0, 0.05) is 6.54 Å². The van der Waals surface area contributed by atoms with Gasteiger partial charge < -0.3 is 10.6 Å². The van der Waals surface area contributed by atoms with Gasteiger partial charge in [-0.25, -0.2) is 4.98 Å². The molecule has 0 radical (unpaired) electrons. The maximum absolute atomic E-state index is 12.8. The summed E-state index contributed by atoms with van der Waals surface area (Å²) in [5.74, 6) is -0.665. The number of primary amides is 1. The number of thiazole rings is 1. The van der Waals surface area contributed by atoms with Crippen LogP contribution in [-0.2, 0) is 4.79 Å². The van der Waals surface area contributed by atoms with E-state index in [1.807, 2.05) is 26.0 Å². The van der Waals surface area contributed by atoms with Crippen LogP contribution >= 0.6 is 11.3 Å². The topological polar surface area (TPSA) is 76.3 Å². The maximum Gasteiger partial charge on any atom is 0.274 e. The van der Waals surface area contributed by atoms with Crippen molar-refractivity contribution in [2.24, 2.45) is 5.73 Å². The van der Waals surface area contributed by atoms with Gasteiger partial charge in [-0.3, -0.25) is 9.59 Å². The van der Waals surface area contributed by atoms with Crippen LogP contribution in [0.5, 0.6) is 0 Å². The fraction of sp³-hybridized carbons (Fsp3) is 0.353. The minimum atomic E-state index is -0.503. The van der Waals surface area contributed by atoms with Crippen LogP contribution < -0.4 is 5.73 Å². The molecule has 6 heteroatoms. The summed E-state index contributed by atoms with van der Waals surface area (Å²) in [6, 6.07) is 5.62. The molecule has 2 aromatic rings. The molecule has 0 saturated carbocycles. The molecule has 0 aliphatic carbocycles. The normalized spacial score (nSPS) is 17.0. The molecule has 1 aliphatic rings. The fourth-order valence-corrected chi connectivity index (χ4v) is 3.62. The van der Waals surface area contributed by atoms with E-state index in [1.165, 1.54) is 27.4 Å². The van der Waals surface area contributed by atoms with Crippen LogP contribution in [-0.4, -0.2) is 34.3 Å². The van der Waals surface area contributed by atoms with Gasteiger partial charge in [-0.1, -0.05) is 18.2 Å². The minimum absolute atomic E-state index is 0.211. The molecule has 1 unspecified atom stereocenters. The van der Waals surface area contributed by atoms with Gasteiger partial charge in [-0.05, 0) is 43.9 Å². The molecule has 0 spiro atoms. The smallest absolute Gasteiger partial charge is 0.274 e. The van der Waals surface area contributed by atoms with Crippen molar-refractivity contribution in [3.05, 3.63) is 40.0 Å². The highest BCUT2D eigenvalue weighted by atomic mass is 32.1. The number of aryl methyl sites for hydroxylation is 3. The second kappa shape index (κ2) is 5.77. The maximum atomic E-state index is 12.8. The number of hydrogen-bond acceptors (Lipinski definition) is 4. The number of carbonyl (C=O) groups is 2. The van der Waals surface area contributed by atoms with Crippen molar-refractivity contribution in [3.63, 3.8) is 0 Å². The van der Waals surface area contributed by atoms with Crippen molar-refractivity contribution in [2.45, 2.75) is 33.2 Å². The van der Waals surface area contributed by atoms with E-state index in [0.29, 0.717) is 18.7 Å². The molecule has 23 heavy (non-hydrogen) atoms. The van der Waals surface area contributed by atoms with Crippen LogP contribution in [0.3, 0.4) is 0 Å². The Morgan fingerprint density at radius 2 is 2.00 bits per heavy atom. The van der Waals surface area contributed by atoms with Gasteiger partial charge in [-0.15, -0.1) is 11.3 Å². The van der Waals surface area contributed by atoms with E-state index < -0.39 is 11.9 Å². The van der Waals surface area contributed by atoms with Crippen molar-refractivity contribution < 1.29 is 9.59 Å². The zero-order valence-electron chi connectivity index (χ0n) is 13.4. The molecule has 3 rings (SSSR count). The largest absolute Gasteiger partial charge is 0.368 e. The molecule has 5 nitrogen and oxygen atoms in total. The number of nitrogens with zero attached hydrogens (tertiary/aromatic N) is 2. The first-order valence-electron chi connectivity index (χ1n) is 7.54. The molecule has 1 aliphatic heterocycles. The van der Waals surface area contributed by atoms with E-state index in [-0.39, 0.29) is 5.91 Å². The first-order valence-corrected chi connectivity index (χ1v) is 8.35. The van der Waals surface area contributed by atoms with E-state index in [2.05, 4.69) is 18.0 Å². The summed E-state index contributed by atoms with van der Waals surface area (Å²) < 4.78 is 0. The molecule has 1 saturated heterocycles. The van der Waals surface area contributed by atoms with Crippen LogP contribution in [0.4, 0.5) is 0 Å². The third kappa shape index (κ3) is 2.74. The first kappa shape index (κ1) is 15.7. The standard InChI is InChI=1S/C17H19N3O2S/c1-9-4-5-12(8-10(9)2)15-14(19-11(3)23-15)17(22)20-7-6-13(20)16(18)21/h4-5,8,13H,6-7H2,1-3H3,(H2,18,21). The summed E-state index contributed by atoms with van der Waals surface area (Å²) >= 11 is 1.50. The van der Waals surface area contributed by atoms with Crippen LogP contribution in [0.25, 0.3) is 10.4 Å². The molecule has 2 N–H and O–H groups in total. The Bertz CT molecular complexity index is 797. The lowest BCUT2D eigenvalue weighted by atomic mass is 10.0. The number of carbonyl (C=O) groups excluding carboxylic acids is 2. The minimum Gasteiger partial charge on any atom is -0.368 e. The summed E-state index contributed by atoms with van der Waals surface area (Å²) in [5, 5.41) is 0.831. The van der Waals surface area contributed by atoms with E-state index >= 15 is 0 Å². The fourth-order valence-electron chi connectivity index (χ4n) is 2.71. The summed E-state index contributed by atoms with van der Waals surface area (Å²) in [6.45, 7) is 6.54. The van der Waals surface area contributed by atoms with Gasteiger partial charge in [0.05, 0.1) is 9.88 Å². The molecular weight excluding hydrogens is 310 g/mol. The Kier molecular flexibility index (Phi) is 3.93. The third-order valence-electron chi connectivity index (χ3n) is 4.31. The number of likely N-dealkylation sites (tertiary alicyclic amines) is 1. The first-order chi connectivity index (χ1) is 10.9. The number of nitrogens with two attached hydrogens (primary N) is 1. The van der Waals surface area contributed by atoms with Crippen LogP contribution in [0.2, 0.25) is 0 Å². The molecule has 1 aromatic carbocycles. The Balaban J connectivity index is 1.99. The Morgan fingerprint density at radius 1 is 1.26 bits per heavy atom. The summed E-state index contributed by atoms with van der Waals surface area (Å²) in [4.78, 5) is 30.9. The van der Waals surface area contributed by atoms with Crippen molar-refractivity contribution >= 4 is 23.2 Å². The van der Waals surface area contributed by atoms with Gasteiger partial charge in [-0.2, -0.15) is 0 Å². The number of amides is 2. The van der Waals surface area contributed by atoms with E-state index in [1.54, 1.807) is 0 Å². The number of hydrogen-bond donors (Lipinski definition) is 1. The second-order valence-electron chi connectivity index (χ2n) is 5.92. The molecule has 1 atom stereocenters. The van der Waals surface area contributed by atoms with Crippen LogP contribution in [0.15, 0.2) is 18.2 Å². The summed E-state index contributed by atoms with van der Waals surface area (Å²) in [7, 11) is 0. The third-order valence-corrected chi connectivity index (χ3v) is 5.33. The van der Waals surface area contributed by atoms with Gasteiger partial charge in [0.25, 0.3) is 5.91 Å². The van der Waals surface area contributed by atoms with Crippen molar-refractivity contribution in [1.29, 1.82) is 0 Å². The lowest BCUT2D eigenvalue weighted by Crippen LogP contribution is -2.57. The highest BCUT2D eigenvalue weighted by molar-refractivity contribution is 7.15. The predicted molar refractivity (Wildman–Crippen MR) is 90.4 cm³/mol. The summed E-state index contributed by atoms with van der Waals surface area (Å²) in [5.41, 5.74) is 9.13. The Hall–Kier alpha value is -2.21. The number of aromatic nitrogens is 1. The average Bonchev–Trinajstić information content (AvgIpc) is 2.82. The lowest BCUT2D eigenvalue weighted by molar-refractivity contribution is -0.125. The molecule has 2 amide bonds. The summed E-state index contributed by atoms with van der Waals surface area (Å²) in [6.07, 6.45) is 0.628. The molecular formula is C17H19N3O2S. The second-order valence-corrected chi connectivity index (χ2v) is 7.12. The van der Waals surface area contributed by atoms with Gasteiger partial charge in [0.2, 0.25) is 5.91 Å². The Labute approximate surface area is 139 Å². The molecule has 1 fully saturated rings. The van der Waals surface area contributed by atoms with Crippen molar-refractivity contribution in [1.82, 2.24) is 9.88 Å². The zero-order chi connectivity index (χ0) is 16.7. The van der Waals surface area contributed by atoms with E-state index in [0.717, 1.165) is 15.4 Å².